The Kier molecular flexibility index (Phi) is 3.71. The van der Waals surface area contributed by atoms with Gasteiger partial charge >= 0.3 is 0 Å². The molecule has 0 saturated heterocycles. The second-order valence-electron chi connectivity index (χ2n) is 4.05. The van der Waals surface area contributed by atoms with Gasteiger partial charge in [-0.25, -0.2) is 4.39 Å². The number of carbonyl (C=O) groups excluding carboxylic acids is 1. The van der Waals surface area contributed by atoms with Gasteiger partial charge in [0.15, 0.2) is 0 Å². The summed E-state index contributed by atoms with van der Waals surface area (Å²) in [6.45, 7) is 1.68. The van der Waals surface area contributed by atoms with Crippen molar-refractivity contribution < 1.29 is 9.18 Å². The number of anilines is 2. The van der Waals surface area contributed by atoms with Crippen LogP contribution in [0.3, 0.4) is 0 Å². The van der Waals surface area contributed by atoms with Crippen LogP contribution in [0.4, 0.5) is 15.8 Å². The summed E-state index contributed by atoms with van der Waals surface area (Å²) in [6, 6.07) is 3.97. The number of nitrogen functional groups attached to an aromatic ring is 1. The lowest BCUT2D eigenvalue weighted by molar-refractivity contribution is -0.116. The summed E-state index contributed by atoms with van der Waals surface area (Å²) in [4.78, 5) is 11.7. The van der Waals surface area contributed by atoms with Crippen LogP contribution in [-0.2, 0) is 11.3 Å². The van der Waals surface area contributed by atoms with Crippen molar-refractivity contribution in [1.29, 1.82) is 0 Å². The van der Waals surface area contributed by atoms with Crippen molar-refractivity contribution in [3.05, 3.63) is 40.9 Å². The van der Waals surface area contributed by atoms with E-state index in [1.54, 1.807) is 6.92 Å². The lowest BCUT2D eigenvalue weighted by atomic mass is 10.2. The molecule has 0 saturated carbocycles. The highest BCUT2D eigenvalue weighted by molar-refractivity contribution is 6.31. The normalized spacial score (nSPS) is 10.5. The Morgan fingerprint density at radius 2 is 2.32 bits per heavy atom. The molecule has 0 unspecified atom stereocenters. The molecule has 19 heavy (non-hydrogen) atoms. The smallest absolute Gasteiger partial charge is 0.246 e. The zero-order chi connectivity index (χ0) is 14.0. The summed E-state index contributed by atoms with van der Waals surface area (Å²) in [5, 5.41) is 6.94. The average Bonchev–Trinajstić information content (AvgIpc) is 2.63. The minimum Gasteiger partial charge on any atom is -0.399 e. The summed E-state index contributed by atoms with van der Waals surface area (Å²) >= 11 is 5.83. The molecule has 0 fully saturated rings. The molecule has 0 radical (unpaired) electrons. The molecule has 1 heterocycles. The summed E-state index contributed by atoms with van der Waals surface area (Å²) in [7, 11) is 0. The van der Waals surface area contributed by atoms with Gasteiger partial charge in [0.2, 0.25) is 5.91 Å². The number of nitrogens with zero attached hydrogens (tertiary/aromatic N) is 2. The van der Waals surface area contributed by atoms with E-state index in [1.165, 1.54) is 29.1 Å². The van der Waals surface area contributed by atoms with Gasteiger partial charge in [-0.2, -0.15) is 5.10 Å². The highest BCUT2D eigenvalue weighted by Gasteiger charge is 2.10. The Hall–Kier alpha value is -2.08. The Morgan fingerprint density at radius 3 is 2.95 bits per heavy atom. The first kappa shape index (κ1) is 13.4. The van der Waals surface area contributed by atoms with Crippen LogP contribution < -0.4 is 11.1 Å². The molecule has 1 aromatic carbocycles. The van der Waals surface area contributed by atoms with E-state index in [1.807, 2.05) is 0 Å². The maximum Gasteiger partial charge on any atom is 0.246 e. The van der Waals surface area contributed by atoms with E-state index in [0.29, 0.717) is 16.4 Å². The first-order valence-corrected chi connectivity index (χ1v) is 5.88. The zero-order valence-corrected chi connectivity index (χ0v) is 10.9. The Bertz CT molecular complexity index is 607. The number of carbonyl (C=O) groups is 1. The quantitative estimate of drug-likeness (QED) is 0.848. The van der Waals surface area contributed by atoms with Gasteiger partial charge in [-0.05, 0) is 25.1 Å². The maximum absolute atomic E-state index is 13.4. The summed E-state index contributed by atoms with van der Waals surface area (Å²) in [5.74, 6) is -0.958. The number of nitrogens with one attached hydrogen (secondary N) is 1. The summed E-state index contributed by atoms with van der Waals surface area (Å²) < 4.78 is 14.8. The van der Waals surface area contributed by atoms with Crippen molar-refractivity contribution in [2.24, 2.45) is 0 Å². The van der Waals surface area contributed by atoms with Gasteiger partial charge in [-0.1, -0.05) is 11.6 Å². The number of rotatable bonds is 3. The average molecular weight is 283 g/mol. The van der Waals surface area contributed by atoms with Crippen molar-refractivity contribution in [3.63, 3.8) is 0 Å². The summed E-state index contributed by atoms with van der Waals surface area (Å²) in [5.41, 5.74) is 6.57. The van der Waals surface area contributed by atoms with Crippen molar-refractivity contribution in [2.45, 2.75) is 13.5 Å². The van der Waals surface area contributed by atoms with Gasteiger partial charge in [-0.15, -0.1) is 0 Å². The van der Waals surface area contributed by atoms with Crippen molar-refractivity contribution in [3.8, 4) is 0 Å². The molecule has 0 aliphatic rings. The van der Waals surface area contributed by atoms with Crippen LogP contribution in [0, 0.1) is 12.7 Å². The third kappa shape index (κ3) is 3.23. The second kappa shape index (κ2) is 5.27. The molecule has 1 amide bonds. The van der Waals surface area contributed by atoms with E-state index in [4.69, 9.17) is 17.3 Å². The van der Waals surface area contributed by atoms with Crippen molar-refractivity contribution in [2.75, 3.05) is 11.1 Å². The third-order valence-corrected chi connectivity index (χ3v) is 2.83. The number of nitrogens with two attached hydrogens (primary N) is 1. The second-order valence-corrected chi connectivity index (χ2v) is 4.45. The fraction of sp³-hybridized carbons (Fsp3) is 0.167. The van der Waals surface area contributed by atoms with Crippen molar-refractivity contribution >= 4 is 28.9 Å². The standard InChI is InChI=1S/C12H12ClFN4O/c1-7-9(13)5-18(17-7)6-12(19)16-11-4-8(15)2-3-10(11)14/h2-5H,6,15H2,1H3,(H,16,19). The molecule has 0 aliphatic carbocycles. The van der Waals surface area contributed by atoms with E-state index in [9.17, 15) is 9.18 Å². The zero-order valence-electron chi connectivity index (χ0n) is 10.2. The predicted molar refractivity (Wildman–Crippen MR) is 71.4 cm³/mol. The Morgan fingerprint density at radius 1 is 1.58 bits per heavy atom. The van der Waals surface area contributed by atoms with Gasteiger partial charge in [-0.3, -0.25) is 9.48 Å². The number of hydrogen-bond acceptors (Lipinski definition) is 3. The van der Waals surface area contributed by atoms with Gasteiger partial charge in [0.25, 0.3) is 0 Å². The third-order valence-electron chi connectivity index (χ3n) is 2.46. The van der Waals surface area contributed by atoms with E-state index < -0.39 is 11.7 Å². The minimum absolute atomic E-state index is 0.0416. The van der Waals surface area contributed by atoms with Crippen LogP contribution in [0.1, 0.15) is 5.69 Å². The van der Waals surface area contributed by atoms with Gasteiger partial charge in [0.05, 0.1) is 16.4 Å². The minimum atomic E-state index is -0.544. The molecule has 7 heteroatoms. The lowest BCUT2D eigenvalue weighted by Crippen LogP contribution is -2.19. The van der Waals surface area contributed by atoms with E-state index in [-0.39, 0.29) is 12.2 Å². The van der Waals surface area contributed by atoms with E-state index >= 15 is 0 Å². The summed E-state index contributed by atoms with van der Waals surface area (Å²) in [6.07, 6.45) is 1.53. The van der Waals surface area contributed by atoms with Crippen LogP contribution in [0.2, 0.25) is 5.02 Å². The molecule has 0 spiro atoms. The SMILES string of the molecule is Cc1nn(CC(=O)Nc2cc(N)ccc2F)cc1Cl. The molecular weight excluding hydrogens is 271 g/mol. The highest BCUT2D eigenvalue weighted by atomic mass is 35.5. The van der Waals surface area contributed by atoms with Gasteiger partial charge in [0.1, 0.15) is 12.4 Å². The topological polar surface area (TPSA) is 72.9 Å². The molecule has 0 bridgehead atoms. The van der Waals surface area contributed by atoms with Crippen LogP contribution in [-0.4, -0.2) is 15.7 Å². The fourth-order valence-electron chi connectivity index (χ4n) is 1.55. The Balaban J connectivity index is 2.07. The molecular formula is C12H12ClFN4O. The number of benzene rings is 1. The van der Waals surface area contributed by atoms with E-state index in [0.717, 1.165) is 0 Å². The first-order chi connectivity index (χ1) is 8.95. The lowest BCUT2D eigenvalue weighted by Gasteiger charge is -2.07. The monoisotopic (exact) mass is 282 g/mol. The largest absolute Gasteiger partial charge is 0.399 e. The van der Waals surface area contributed by atoms with Crippen LogP contribution in [0.25, 0.3) is 0 Å². The number of aromatic nitrogens is 2. The van der Waals surface area contributed by atoms with Crippen LogP contribution >= 0.6 is 11.6 Å². The number of aryl methyl sites for hydroxylation is 1. The predicted octanol–water partition coefficient (Wildman–Crippen LogP) is 2.20. The van der Waals surface area contributed by atoms with Gasteiger partial charge in [0, 0.05) is 11.9 Å². The molecule has 2 rings (SSSR count). The highest BCUT2D eigenvalue weighted by Crippen LogP contribution is 2.17. The van der Waals surface area contributed by atoms with Crippen molar-refractivity contribution in [1.82, 2.24) is 9.78 Å². The number of halogens is 2. The molecule has 1 aromatic heterocycles. The molecule has 2 aromatic rings. The first-order valence-electron chi connectivity index (χ1n) is 5.50. The molecule has 5 nitrogen and oxygen atoms in total. The maximum atomic E-state index is 13.4. The fourth-order valence-corrected chi connectivity index (χ4v) is 1.70. The number of hydrogen-bond donors (Lipinski definition) is 2. The number of amides is 1. The van der Waals surface area contributed by atoms with Crippen LogP contribution in [0.5, 0.6) is 0 Å². The van der Waals surface area contributed by atoms with Gasteiger partial charge < -0.3 is 11.1 Å². The molecule has 3 N–H and O–H groups in total. The van der Waals surface area contributed by atoms with Crippen LogP contribution in [0.15, 0.2) is 24.4 Å². The Labute approximate surface area is 114 Å². The molecule has 0 aliphatic heterocycles. The molecule has 0 atom stereocenters. The molecule has 100 valence electrons. The van der Waals surface area contributed by atoms with E-state index in [2.05, 4.69) is 10.4 Å².